The van der Waals surface area contributed by atoms with E-state index in [1.165, 1.54) is 6.07 Å². The van der Waals surface area contributed by atoms with Crippen LogP contribution in [0.15, 0.2) is 18.2 Å². The van der Waals surface area contributed by atoms with Gasteiger partial charge in [-0.1, -0.05) is 6.07 Å². The van der Waals surface area contributed by atoms with E-state index in [1.807, 2.05) is 0 Å². The fraction of sp³-hybridized carbons (Fsp3) is 0.308. The number of fused-ring (bicyclic) bond motifs is 1. The van der Waals surface area contributed by atoms with Crippen molar-refractivity contribution in [2.24, 2.45) is 0 Å². The maximum Gasteiger partial charge on any atom is 0.346 e. The predicted octanol–water partition coefficient (Wildman–Crippen LogP) is 2.90. The Morgan fingerprint density at radius 1 is 1.42 bits per heavy atom. The zero-order valence-electron chi connectivity index (χ0n) is 10.3. The Kier molecular flexibility index (Phi) is 4.47. The van der Waals surface area contributed by atoms with Crippen molar-refractivity contribution >= 4 is 27.4 Å². The summed E-state index contributed by atoms with van der Waals surface area (Å²) in [5.41, 5.74) is 0.390. The number of carbonyl (C=O) groups is 1. The van der Waals surface area contributed by atoms with Crippen LogP contribution >= 0.6 is 11.3 Å². The van der Waals surface area contributed by atoms with Crippen molar-refractivity contribution in [1.29, 1.82) is 0 Å². The summed E-state index contributed by atoms with van der Waals surface area (Å²) in [6.07, 6.45) is 0. The fourth-order valence-electron chi connectivity index (χ4n) is 1.79. The van der Waals surface area contributed by atoms with E-state index in [4.69, 9.17) is 14.6 Å². The van der Waals surface area contributed by atoms with Crippen LogP contribution in [0.3, 0.4) is 0 Å². The molecule has 0 aliphatic heterocycles. The number of carboxylic acid groups (broad SMARTS) is 1. The van der Waals surface area contributed by atoms with Crippen LogP contribution in [0.1, 0.15) is 15.2 Å². The van der Waals surface area contributed by atoms with E-state index in [0.29, 0.717) is 28.9 Å². The number of ether oxygens (including phenoxy) is 2. The lowest BCUT2D eigenvalue weighted by Crippen LogP contribution is -2.05. The Morgan fingerprint density at radius 3 is 2.89 bits per heavy atom. The number of carboxylic acids is 1. The van der Waals surface area contributed by atoms with Gasteiger partial charge in [-0.2, -0.15) is 0 Å². The average Bonchev–Trinajstić information content (AvgIpc) is 2.75. The van der Waals surface area contributed by atoms with Gasteiger partial charge < -0.3 is 14.6 Å². The van der Waals surface area contributed by atoms with Crippen molar-refractivity contribution in [3.05, 3.63) is 34.5 Å². The zero-order chi connectivity index (χ0) is 13.8. The number of rotatable bonds is 6. The largest absolute Gasteiger partial charge is 0.477 e. The molecule has 2 aromatic rings. The zero-order valence-corrected chi connectivity index (χ0v) is 11.1. The van der Waals surface area contributed by atoms with Crippen LogP contribution in [0, 0.1) is 5.82 Å². The number of thiophene rings is 1. The van der Waals surface area contributed by atoms with Crippen LogP contribution < -0.4 is 0 Å². The summed E-state index contributed by atoms with van der Waals surface area (Å²) in [6.45, 7) is 0.806. The molecule has 1 aromatic carbocycles. The minimum atomic E-state index is -1.06. The van der Waals surface area contributed by atoms with Gasteiger partial charge in [-0.25, -0.2) is 9.18 Å². The third-order valence-electron chi connectivity index (χ3n) is 2.64. The Hall–Kier alpha value is -1.50. The van der Waals surface area contributed by atoms with Gasteiger partial charge in [0.15, 0.2) is 0 Å². The Bertz CT molecular complexity index is 594. The second kappa shape index (κ2) is 6.10. The lowest BCUT2D eigenvalue weighted by Gasteiger charge is -2.04. The van der Waals surface area contributed by atoms with Gasteiger partial charge in [0.2, 0.25) is 0 Å². The van der Waals surface area contributed by atoms with Crippen molar-refractivity contribution < 1.29 is 23.8 Å². The molecule has 0 bridgehead atoms. The first-order valence-electron chi connectivity index (χ1n) is 5.65. The topological polar surface area (TPSA) is 55.8 Å². The summed E-state index contributed by atoms with van der Waals surface area (Å²) in [6, 6.07) is 4.59. The summed E-state index contributed by atoms with van der Waals surface area (Å²) in [4.78, 5) is 11.3. The predicted molar refractivity (Wildman–Crippen MR) is 70.3 cm³/mol. The molecule has 0 aliphatic rings. The first kappa shape index (κ1) is 13.9. The van der Waals surface area contributed by atoms with Gasteiger partial charge in [0.1, 0.15) is 10.7 Å². The van der Waals surface area contributed by atoms with E-state index in [1.54, 1.807) is 19.2 Å². The van der Waals surface area contributed by atoms with Crippen molar-refractivity contribution in [2.75, 3.05) is 20.3 Å². The molecule has 0 saturated carbocycles. The highest BCUT2D eigenvalue weighted by molar-refractivity contribution is 7.21. The molecule has 1 heterocycles. The molecule has 1 aromatic heterocycles. The summed E-state index contributed by atoms with van der Waals surface area (Å²) < 4.78 is 24.6. The van der Waals surface area contributed by atoms with Crippen LogP contribution in [0.2, 0.25) is 0 Å². The minimum absolute atomic E-state index is 0.0614. The van der Waals surface area contributed by atoms with Gasteiger partial charge >= 0.3 is 5.97 Å². The van der Waals surface area contributed by atoms with E-state index in [9.17, 15) is 9.18 Å². The molecule has 0 fully saturated rings. The van der Waals surface area contributed by atoms with E-state index in [0.717, 1.165) is 11.3 Å². The normalized spacial score (nSPS) is 11.1. The summed E-state index contributed by atoms with van der Waals surface area (Å²) in [5.74, 6) is -1.49. The number of methoxy groups -OCH3 is 1. The lowest BCUT2D eigenvalue weighted by atomic mass is 10.1. The highest BCUT2D eigenvalue weighted by Gasteiger charge is 2.20. The third-order valence-corrected chi connectivity index (χ3v) is 3.82. The second-order valence-electron chi connectivity index (χ2n) is 3.87. The SMILES string of the molecule is COCCOCc1c(C(=O)O)sc2cccc(F)c12. The Balaban J connectivity index is 2.37. The van der Waals surface area contributed by atoms with Gasteiger partial charge in [-0.15, -0.1) is 11.3 Å². The van der Waals surface area contributed by atoms with Gasteiger partial charge in [0.25, 0.3) is 0 Å². The van der Waals surface area contributed by atoms with E-state index in [-0.39, 0.29) is 11.5 Å². The van der Waals surface area contributed by atoms with Crippen molar-refractivity contribution in [1.82, 2.24) is 0 Å². The summed E-state index contributed by atoms with van der Waals surface area (Å²) >= 11 is 1.06. The third kappa shape index (κ3) is 2.91. The van der Waals surface area contributed by atoms with Gasteiger partial charge in [0.05, 0.1) is 19.8 Å². The van der Waals surface area contributed by atoms with E-state index < -0.39 is 11.8 Å². The van der Waals surface area contributed by atoms with Crippen molar-refractivity contribution in [3.8, 4) is 0 Å². The molecule has 0 radical (unpaired) electrons. The molecule has 0 spiro atoms. The number of hydrogen-bond donors (Lipinski definition) is 1. The quantitative estimate of drug-likeness (QED) is 0.829. The molecule has 1 N–H and O–H groups in total. The van der Waals surface area contributed by atoms with E-state index >= 15 is 0 Å². The van der Waals surface area contributed by atoms with Gasteiger partial charge in [-0.05, 0) is 12.1 Å². The molecule has 4 nitrogen and oxygen atoms in total. The molecule has 102 valence electrons. The molecular formula is C13H13FO4S. The first-order valence-corrected chi connectivity index (χ1v) is 6.46. The highest BCUT2D eigenvalue weighted by Crippen LogP contribution is 2.33. The molecule has 6 heteroatoms. The average molecular weight is 284 g/mol. The van der Waals surface area contributed by atoms with Crippen molar-refractivity contribution in [2.45, 2.75) is 6.61 Å². The highest BCUT2D eigenvalue weighted by atomic mass is 32.1. The monoisotopic (exact) mass is 284 g/mol. The summed E-state index contributed by atoms with van der Waals surface area (Å²) in [5, 5.41) is 9.50. The maximum absolute atomic E-state index is 13.8. The molecule has 0 aliphatic carbocycles. The van der Waals surface area contributed by atoms with Crippen LogP contribution in [-0.4, -0.2) is 31.4 Å². The second-order valence-corrected chi connectivity index (χ2v) is 4.93. The van der Waals surface area contributed by atoms with Crippen LogP contribution in [0.5, 0.6) is 0 Å². The molecule has 0 atom stereocenters. The molecule has 2 rings (SSSR count). The van der Waals surface area contributed by atoms with E-state index in [2.05, 4.69) is 0 Å². The van der Waals surface area contributed by atoms with Gasteiger partial charge in [0, 0.05) is 22.8 Å². The molecule has 0 unspecified atom stereocenters. The molecular weight excluding hydrogens is 271 g/mol. The Morgan fingerprint density at radius 2 is 2.21 bits per heavy atom. The lowest BCUT2D eigenvalue weighted by molar-refractivity contribution is 0.0598. The number of halogens is 1. The van der Waals surface area contributed by atoms with Crippen LogP contribution in [-0.2, 0) is 16.1 Å². The smallest absolute Gasteiger partial charge is 0.346 e. The minimum Gasteiger partial charge on any atom is -0.477 e. The summed E-state index contributed by atoms with van der Waals surface area (Å²) in [7, 11) is 1.55. The standard InChI is InChI=1S/C13H13FO4S/c1-17-5-6-18-7-8-11-9(14)3-2-4-10(11)19-12(8)13(15)16/h2-4H,5-7H2,1H3,(H,15,16). The number of hydrogen-bond acceptors (Lipinski definition) is 4. The Labute approximate surface area is 113 Å². The number of benzene rings is 1. The van der Waals surface area contributed by atoms with Crippen LogP contribution in [0.4, 0.5) is 4.39 Å². The molecule has 0 saturated heterocycles. The fourth-order valence-corrected chi connectivity index (χ4v) is 2.86. The number of aromatic carboxylic acids is 1. The maximum atomic E-state index is 13.8. The van der Waals surface area contributed by atoms with Crippen LogP contribution in [0.25, 0.3) is 10.1 Å². The van der Waals surface area contributed by atoms with Gasteiger partial charge in [-0.3, -0.25) is 0 Å². The molecule has 0 amide bonds. The van der Waals surface area contributed by atoms with Crippen molar-refractivity contribution in [3.63, 3.8) is 0 Å². The molecule has 19 heavy (non-hydrogen) atoms. The first-order chi connectivity index (χ1) is 9.15.